The zero-order valence-electron chi connectivity index (χ0n) is 10.8. The van der Waals surface area contributed by atoms with Gasteiger partial charge in [-0.2, -0.15) is 0 Å². The Balaban J connectivity index is 4.36. The summed E-state index contributed by atoms with van der Waals surface area (Å²) in [6, 6.07) is 0. The maximum atomic E-state index is 11.5. The summed E-state index contributed by atoms with van der Waals surface area (Å²) >= 11 is 0. The normalized spacial score (nSPS) is 12.2. The van der Waals surface area contributed by atoms with Crippen LogP contribution >= 0.6 is 0 Å². The van der Waals surface area contributed by atoms with Crippen LogP contribution in [0.25, 0.3) is 0 Å². The van der Waals surface area contributed by atoms with Crippen molar-refractivity contribution in [2.45, 2.75) is 46.1 Å². The van der Waals surface area contributed by atoms with E-state index in [2.05, 4.69) is 0 Å². The molecule has 0 amide bonds. The van der Waals surface area contributed by atoms with Gasteiger partial charge in [-0.3, -0.25) is 9.59 Å². The van der Waals surface area contributed by atoms with Crippen LogP contribution in [0.15, 0.2) is 0 Å². The summed E-state index contributed by atoms with van der Waals surface area (Å²) in [4.78, 5) is 22.5. The molecule has 0 heterocycles. The molecule has 0 radical (unpaired) electrons. The lowest BCUT2D eigenvalue weighted by molar-refractivity contribution is -0.151. The zero-order chi connectivity index (χ0) is 13.7. The molecule has 0 saturated carbocycles. The molecule has 0 aromatic heterocycles. The number of carbonyl (C=O) groups is 2. The lowest BCUT2D eigenvalue weighted by Crippen LogP contribution is -2.30. The first kappa shape index (κ1) is 16.1. The number of rotatable bonds is 6. The van der Waals surface area contributed by atoms with Gasteiger partial charge in [0.1, 0.15) is 22.9 Å². The molecule has 0 unspecified atom stereocenters. The van der Waals surface area contributed by atoms with Gasteiger partial charge >= 0.3 is 5.97 Å². The van der Waals surface area contributed by atoms with Gasteiger partial charge in [0, 0.05) is 6.42 Å². The number of hydrogen-bond donors (Lipinski definition) is 0. The molecular weight excluding hydrogens is 244 g/mol. The van der Waals surface area contributed by atoms with E-state index in [1.807, 2.05) is 0 Å². The molecule has 0 saturated heterocycles. The van der Waals surface area contributed by atoms with Crippen molar-refractivity contribution in [3.8, 4) is 0 Å². The van der Waals surface area contributed by atoms with E-state index in [1.165, 1.54) is 0 Å². The molecular formula is C11H20O5S. The van der Waals surface area contributed by atoms with Crippen molar-refractivity contribution >= 4 is 21.6 Å². The molecule has 0 spiro atoms. The molecule has 0 aromatic carbocycles. The van der Waals surface area contributed by atoms with Crippen LogP contribution in [0.5, 0.6) is 0 Å². The smallest absolute Gasteiger partial charge is 0.321 e. The number of ether oxygens (including phenoxy) is 1. The minimum atomic E-state index is -3.70. The third-order valence-corrected chi connectivity index (χ3v) is 3.10. The molecule has 0 aliphatic heterocycles. The van der Waals surface area contributed by atoms with E-state index in [0.717, 1.165) is 0 Å². The van der Waals surface area contributed by atoms with Crippen LogP contribution in [-0.2, 0) is 24.2 Å². The SMILES string of the molecule is CCCC(=O)CS(=O)(=O)CC(=O)OC(C)(C)C. The Labute approximate surface area is 102 Å². The summed E-state index contributed by atoms with van der Waals surface area (Å²) in [6.45, 7) is 6.75. The maximum absolute atomic E-state index is 11.5. The van der Waals surface area contributed by atoms with Crippen molar-refractivity contribution in [2.75, 3.05) is 11.5 Å². The van der Waals surface area contributed by atoms with E-state index >= 15 is 0 Å². The highest BCUT2D eigenvalue weighted by Gasteiger charge is 2.24. The molecule has 0 aromatic rings. The lowest BCUT2D eigenvalue weighted by atomic mass is 10.2. The number of sulfone groups is 1. The largest absolute Gasteiger partial charge is 0.459 e. The second kappa shape index (κ2) is 6.14. The van der Waals surface area contributed by atoms with Gasteiger partial charge in [0.2, 0.25) is 0 Å². The number of esters is 1. The second-order valence-electron chi connectivity index (χ2n) is 4.91. The van der Waals surface area contributed by atoms with Crippen LogP contribution in [0.4, 0.5) is 0 Å². The molecule has 0 atom stereocenters. The van der Waals surface area contributed by atoms with Crippen molar-refractivity contribution in [1.82, 2.24) is 0 Å². The fraction of sp³-hybridized carbons (Fsp3) is 0.818. The minimum absolute atomic E-state index is 0.216. The predicted octanol–water partition coefficient (Wildman–Crippen LogP) is 1.11. The summed E-state index contributed by atoms with van der Waals surface area (Å²) < 4.78 is 27.9. The highest BCUT2D eigenvalue weighted by molar-refractivity contribution is 7.92. The molecule has 5 nitrogen and oxygen atoms in total. The quantitative estimate of drug-likeness (QED) is 0.672. The van der Waals surface area contributed by atoms with Gasteiger partial charge in [0.25, 0.3) is 0 Å². The molecule has 0 bridgehead atoms. The topological polar surface area (TPSA) is 77.5 Å². The number of carbonyl (C=O) groups excluding carboxylic acids is 2. The summed E-state index contributed by atoms with van der Waals surface area (Å²) in [5.74, 6) is -2.50. The Bertz CT molecular complexity index is 375. The van der Waals surface area contributed by atoms with Crippen LogP contribution < -0.4 is 0 Å². The number of ketones is 1. The number of Topliss-reactive ketones (excluding diaryl/α,β-unsaturated/α-hetero) is 1. The summed E-state index contributed by atoms with van der Waals surface area (Å²) in [7, 11) is -3.70. The molecule has 0 fully saturated rings. The third-order valence-electron chi connectivity index (χ3n) is 1.67. The van der Waals surface area contributed by atoms with E-state index in [9.17, 15) is 18.0 Å². The van der Waals surface area contributed by atoms with Gasteiger partial charge in [-0.1, -0.05) is 6.92 Å². The summed E-state index contributed by atoms with van der Waals surface area (Å²) in [5, 5.41) is 0. The molecule has 17 heavy (non-hydrogen) atoms. The zero-order valence-corrected chi connectivity index (χ0v) is 11.6. The highest BCUT2D eigenvalue weighted by atomic mass is 32.2. The fourth-order valence-electron chi connectivity index (χ4n) is 1.20. The van der Waals surface area contributed by atoms with Crippen molar-refractivity contribution in [2.24, 2.45) is 0 Å². The Hall–Kier alpha value is -0.910. The van der Waals surface area contributed by atoms with Crippen LogP contribution in [0.3, 0.4) is 0 Å². The minimum Gasteiger partial charge on any atom is -0.459 e. The standard InChI is InChI=1S/C11H20O5S/c1-5-6-9(12)7-17(14,15)8-10(13)16-11(2,3)4/h5-8H2,1-4H3. The van der Waals surface area contributed by atoms with Gasteiger partial charge in [0.15, 0.2) is 9.84 Å². The van der Waals surface area contributed by atoms with Crippen molar-refractivity contribution in [3.63, 3.8) is 0 Å². The van der Waals surface area contributed by atoms with Crippen LogP contribution in [-0.4, -0.2) is 37.3 Å². The maximum Gasteiger partial charge on any atom is 0.321 e. The van der Waals surface area contributed by atoms with E-state index in [1.54, 1.807) is 27.7 Å². The molecule has 100 valence electrons. The Morgan fingerprint density at radius 2 is 1.65 bits per heavy atom. The second-order valence-corrected chi connectivity index (χ2v) is 6.97. The van der Waals surface area contributed by atoms with Crippen LogP contribution in [0.1, 0.15) is 40.5 Å². The van der Waals surface area contributed by atoms with Crippen molar-refractivity contribution in [3.05, 3.63) is 0 Å². The van der Waals surface area contributed by atoms with Crippen LogP contribution in [0, 0.1) is 0 Å². The first-order valence-electron chi connectivity index (χ1n) is 5.49. The summed E-state index contributed by atoms with van der Waals surface area (Å²) in [5.41, 5.74) is -0.722. The van der Waals surface area contributed by atoms with E-state index in [4.69, 9.17) is 4.74 Å². The third kappa shape index (κ3) is 8.85. The summed E-state index contributed by atoms with van der Waals surface area (Å²) in [6.07, 6.45) is 0.814. The van der Waals surface area contributed by atoms with Crippen LogP contribution in [0.2, 0.25) is 0 Å². The highest BCUT2D eigenvalue weighted by Crippen LogP contribution is 2.08. The first-order chi connectivity index (χ1) is 7.56. The Morgan fingerprint density at radius 3 is 2.06 bits per heavy atom. The fourth-order valence-corrected chi connectivity index (χ4v) is 2.35. The Kier molecular flexibility index (Phi) is 5.81. The van der Waals surface area contributed by atoms with Gasteiger partial charge in [-0.05, 0) is 27.2 Å². The Morgan fingerprint density at radius 1 is 1.12 bits per heavy atom. The predicted molar refractivity (Wildman–Crippen MR) is 64.4 cm³/mol. The van der Waals surface area contributed by atoms with Gasteiger partial charge < -0.3 is 4.74 Å². The molecule has 0 rings (SSSR count). The van der Waals surface area contributed by atoms with Gasteiger partial charge in [-0.15, -0.1) is 0 Å². The van der Waals surface area contributed by atoms with Crippen molar-refractivity contribution < 1.29 is 22.7 Å². The molecule has 0 N–H and O–H groups in total. The average Bonchev–Trinajstić information content (AvgIpc) is 1.96. The van der Waals surface area contributed by atoms with E-state index in [0.29, 0.717) is 6.42 Å². The number of hydrogen-bond acceptors (Lipinski definition) is 5. The van der Waals surface area contributed by atoms with Gasteiger partial charge in [-0.25, -0.2) is 8.42 Å². The molecule has 0 aliphatic rings. The van der Waals surface area contributed by atoms with Gasteiger partial charge in [0.05, 0.1) is 0 Å². The first-order valence-corrected chi connectivity index (χ1v) is 7.32. The molecule has 6 heteroatoms. The van der Waals surface area contributed by atoms with E-state index < -0.39 is 32.9 Å². The lowest BCUT2D eigenvalue weighted by Gasteiger charge is -2.19. The van der Waals surface area contributed by atoms with Crippen molar-refractivity contribution in [1.29, 1.82) is 0 Å². The molecule has 0 aliphatic carbocycles. The monoisotopic (exact) mass is 264 g/mol. The average molecular weight is 264 g/mol. The van der Waals surface area contributed by atoms with E-state index in [-0.39, 0.29) is 12.2 Å².